The second-order valence-electron chi connectivity index (χ2n) is 3.52. The smallest absolute Gasteiger partial charge is 0.267 e. The summed E-state index contributed by atoms with van der Waals surface area (Å²) in [5.74, 6) is -0.00538. The number of amides is 1. The number of thiazole rings is 1. The molecule has 6 nitrogen and oxygen atoms in total. The number of carbonyl (C=O) groups is 1. The molecule has 0 saturated heterocycles. The van der Waals surface area contributed by atoms with Gasteiger partial charge in [-0.1, -0.05) is 11.3 Å². The number of nitrogen functional groups attached to an aromatic ring is 1. The highest BCUT2D eigenvalue weighted by atomic mass is 32.1. The van der Waals surface area contributed by atoms with Gasteiger partial charge in [0, 0.05) is 20.6 Å². The Morgan fingerprint density at radius 2 is 2.38 bits per heavy atom. The van der Waals surface area contributed by atoms with Crippen LogP contribution in [0.15, 0.2) is 0 Å². The van der Waals surface area contributed by atoms with E-state index >= 15 is 0 Å². The summed E-state index contributed by atoms with van der Waals surface area (Å²) in [6, 6.07) is 0. The number of rotatable bonds is 4. The van der Waals surface area contributed by atoms with E-state index in [1.807, 2.05) is 0 Å². The molecule has 0 aliphatic carbocycles. The van der Waals surface area contributed by atoms with E-state index in [4.69, 9.17) is 5.73 Å². The van der Waals surface area contributed by atoms with Crippen LogP contribution in [-0.4, -0.2) is 47.6 Å². The number of nitrogens with two attached hydrogens (primary N) is 1. The zero-order chi connectivity index (χ0) is 12.3. The minimum Gasteiger partial charge on any atom is -0.392 e. The van der Waals surface area contributed by atoms with E-state index in [0.717, 1.165) is 0 Å². The first-order valence-corrected chi connectivity index (χ1v) is 5.65. The first kappa shape index (κ1) is 12.7. The Hall–Kier alpha value is -1.34. The fourth-order valence-electron chi connectivity index (χ4n) is 1.24. The summed E-state index contributed by atoms with van der Waals surface area (Å²) in [7, 11) is 3.33. The summed E-state index contributed by atoms with van der Waals surface area (Å²) < 4.78 is 0. The SMILES string of the molecule is CNc1nc(N)c(C(=O)N(C)CC(C)O)s1. The average Bonchev–Trinajstić information content (AvgIpc) is 2.57. The number of hydrogen-bond donors (Lipinski definition) is 3. The Kier molecular flexibility index (Phi) is 4.08. The Morgan fingerprint density at radius 3 is 2.81 bits per heavy atom. The highest BCUT2D eigenvalue weighted by molar-refractivity contribution is 7.18. The van der Waals surface area contributed by atoms with Gasteiger partial charge in [0.25, 0.3) is 5.91 Å². The van der Waals surface area contributed by atoms with E-state index in [-0.39, 0.29) is 18.3 Å². The zero-order valence-electron chi connectivity index (χ0n) is 9.52. The summed E-state index contributed by atoms with van der Waals surface area (Å²) in [5.41, 5.74) is 5.64. The van der Waals surface area contributed by atoms with Gasteiger partial charge in [-0.25, -0.2) is 4.98 Å². The van der Waals surface area contributed by atoms with Gasteiger partial charge in [0.1, 0.15) is 10.7 Å². The van der Waals surface area contributed by atoms with Crippen molar-refractivity contribution >= 4 is 28.2 Å². The lowest BCUT2D eigenvalue weighted by Crippen LogP contribution is -2.32. The lowest BCUT2D eigenvalue weighted by molar-refractivity contribution is 0.0709. The predicted octanol–water partition coefficient (Wildman–Crippen LogP) is 0.220. The summed E-state index contributed by atoms with van der Waals surface area (Å²) >= 11 is 1.20. The van der Waals surface area contributed by atoms with E-state index in [2.05, 4.69) is 10.3 Å². The van der Waals surface area contributed by atoms with Crippen LogP contribution in [0.5, 0.6) is 0 Å². The lowest BCUT2D eigenvalue weighted by Gasteiger charge is -2.17. The number of aliphatic hydroxyl groups excluding tert-OH is 1. The van der Waals surface area contributed by atoms with Crippen LogP contribution in [0.1, 0.15) is 16.6 Å². The summed E-state index contributed by atoms with van der Waals surface area (Å²) in [6.07, 6.45) is -0.563. The number of hydrogen-bond acceptors (Lipinski definition) is 6. The standard InChI is InChI=1S/C9H16N4O2S/c1-5(14)4-13(3)8(15)6-7(10)12-9(11-2)16-6/h5,14H,4,10H2,1-3H3,(H,11,12). The van der Waals surface area contributed by atoms with Crippen molar-refractivity contribution < 1.29 is 9.90 Å². The highest BCUT2D eigenvalue weighted by Gasteiger charge is 2.20. The number of aliphatic hydroxyl groups is 1. The number of anilines is 2. The third kappa shape index (κ3) is 2.83. The molecular formula is C9H16N4O2S. The molecular weight excluding hydrogens is 228 g/mol. The molecule has 1 amide bonds. The molecule has 0 bridgehead atoms. The van der Waals surface area contributed by atoms with Gasteiger partial charge >= 0.3 is 0 Å². The Bertz CT molecular complexity index is 378. The second kappa shape index (κ2) is 5.13. The second-order valence-corrected chi connectivity index (χ2v) is 4.52. The van der Waals surface area contributed by atoms with Gasteiger partial charge in [-0.3, -0.25) is 4.79 Å². The largest absolute Gasteiger partial charge is 0.392 e. The Morgan fingerprint density at radius 1 is 1.75 bits per heavy atom. The van der Waals surface area contributed by atoms with Crippen molar-refractivity contribution in [3.05, 3.63) is 4.88 Å². The minimum absolute atomic E-state index is 0.219. The molecule has 1 unspecified atom stereocenters. The fraction of sp³-hybridized carbons (Fsp3) is 0.556. The highest BCUT2D eigenvalue weighted by Crippen LogP contribution is 2.25. The molecule has 16 heavy (non-hydrogen) atoms. The van der Waals surface area contributed by atoms with Crippen LogP contribution in [0.3, 0.4) is 0 Å². The van der Waals surface area contributed by atoms with Crippen molar-refractivity contribution in [3.63, 3.8) is 0 Å². The van der Waals surface area contributed by atoms with Gasteiger partial charge in [-0.15, -0.1) is 0 Å². The molecule has 1 rings (SSSR count). The van der Waals surface area contributed by atoms with Gasteiger partial charge in [-0.2, -0.15) is 0 Å². The van der Waals surface area contributed by atoms with Crippen molar-refractivity contribution in [2.24, 2.45) is 0 Å². The molecule has 0 radical (unpaired) electrons. The van der Waals surface area contributed by atoms with Crippen molar-refractivity contribution in [3.8, 4) is 0 Å². The Balaban J connectivity index is 2.83. The maximum atomic E-state index is 11.9. The predicted molar refractivity (Wildman–Crippen MR) is 64.7 cm³/mol. The summed E-state index contributed by atoms with van der Waals surface area (Å²) in [6.45, 7) is 1.89. The van der Waals surface area contributed by atoms with Crippen LogP contribution < -0.4 is 11.1 Å². The van der Waals surface area contributed by atoms with E-state index in [9.17, 15) is 9.90 Å². The van der Waals surface area contributed by atoms with Crippen molar-refractivity contribution in [1.29, 1.82) is 0 Å². The summed E-state index contributed by atoms with van der Waals surface area (Å²) in [5, 5.41) is 12.6. The van der Waals surface area contributed by atoms with Crippen molar-refractivity contribution in [2.45, 2.75) is 13.0 Å². The third-order valence-corrected chi connectivity index (χ3v) is 3.02. The monoisotopic (exact) mass is 244 g/mol. The van der Waals surface area contributed by atoms with Gasteiger partial charge in [0.15, 0.2) is 5.13 Å². The van der Waals surface area contributed by atoms with Crippen molar-refractivity contribution in [2.75, 3.05) is 31.7 Å². The molecule has 0 aliphatic rings. The third-order valence-electron chi connectivity index (χ3n) is 1.95. The molecule has 0 fully saturated rings. The number of aromatic nitrogens is 1. The fourth-order valence-corrected chi connectivity index (χ4v) is 2.08. The maximum absolute atomic E-state index is 11.9. The van der Waals surface area contributed by atoms with Crippen LogP contribution >= 0.6 is 11.3 Å². The van der Waals surface area contributed by atoms with Gasteiger partial charge < -0.3 is 21.1 Å². The van der Waals surface area contributed by atoms with Crippen LogP contribution in [0.25, 0.3) is 0 Å². The first-order chi connectivity index (χ1) is 7.45. The lowest BCUT2D eigenvalue weighted by atomic mass is 10.3. The van der Waals surface area contributed by atoms with Crippen LogP contribution in [0.4, 0.5) is 10.9 Å². The van der Waals surface area contributed by atoms with Crippen LogP contribution in [-0.2, 0) is 0 Å². The normalized spacial score (nSPS) is 12.2. The molecule has 90 valence electrons. The van der Waals surface area contributed by atoms with Gasteiger partial charge in [0.05, 0.1) is 6.10 Å². The average molecular weight is 244 g/mol. The molecule has 1 heterocycles. The minimum atomic E-state index is -0.563. The quantitative estimate of drug-likeness (QED) is 0.704. The molecule has 1 aromatic rings. The van der Waals surface area contributed by atoms with E-state index < -0.39 is 6.10 Å². The van der Waals surface area contributed by atoms with Crippen LogP contribution in [0.2, 0.25) is 0 Å². The topological polar surface area (TPSA) is 91.5 Å². The van der Waals surface area contributed by atoms with E-state index in [1.54, 1.807) is 21.0 Å². The molecule has 0 saturated carbocycles. The Labute approximate surface area is 98.1 Å². The molecule has 0 aliphatic heterocycles. The molecule has 0 spiro atoms. The first-order valence-electron chi connectivity index (χ1n) is 4.83. The van der Waals surface area contributed by atoms with Gasteiger partial charge in [0.2, 0.25) is 0 Å². The molecule has 1 atom stereocenters. The maximum Gasteiger partial charge on any atom is 0.267 e. The summed E-state index contributed by atoms with van der Waals surface area (Å²) in [4.78, 5) is 17.7. The van der Waals surface area contributed by atoms with E-state index in [1.165, 1.54) is 16.2 Å². The molecule has 1 aromatic heterocycles. The van der Waals surface area contributed by atoms with E-state index in [0.29, 0.717) is 10.0 Å². The number of carbonyl (C=O) groups excluding carboxylic acids is 1. The molecule has 7 heteroatoms. The van der Waals surface area contributed by atoms with Gasteiger partial charge in [-0.05, 0) is 6.92 Å². The molecule has 0 aromatic carbocycles. The number of nitrogens with zero attached hydrogens (tertiary/aromatic N) is 2. The zero-order valence-corrected chi connectivity index (χ0v) is 10.3. The molecule has 4 N–H and O–H groups in total. The van der Waals surface area contributed by atoms with Crippen LogP contribution in [0, 0.1) is 0 Å². The number of nitrogens with one attached hydrogen (secondary N) is 1. The van der Waals surface area contributed by atoms with Crippen molar-refractivity contribution in [1.82, 2.24) is 9.88 Å². The number of likely N-dealkylation sites (N-methyl/N-ethyl adjacent to an activating group) is 1.